The Morgan fingerprint density at radius 2 is 2.25 bits per heavy atom. The van der Waals surface area contributed by atoms with Crippen molar-refractivity contribution in [2.24, 2.45) is 0 Å². The van der Waals surface area contributed by atoms with Gasteiger partial charge in [-0.2, -0.15) is 13.2 Å². The normalized spacial score (nSPS) is 18.5. The first-order valence-electron chi connectivity index (χ1n) is 7.23. The van der Waals surface area contributed by atoms with E-state index in [4.69, 9.17) is 9.57 Å². The van der Waals surface area contributed by atoms with E-state index in [0.29, 0.717) is 22.8 Å². The van der Waals surface area contributed by atoms with Crippen LogP contribution in [0.3, 0.4) is 0 Å². The molecule has 10 heteroatoms. The Kier molecular flexibility index (Phi) is 4.88. The molecule has 0 aromatic carbocycles. The van der Waals surface area contributed by atoms with E-state index in [-0.39, 0.29) is 5.82 Å². The largest absolute Gasteiger partial charge is 0.432 e. The molecule has 0 spiro atoms. The molecule has 1 fully saturated rings. The summed E-state index contributed by atoms with van der Waals surface area (Å²) in [7, 11) is 0. The molecule has 0 aliphatic carbocycles. The first-order chi connectivity index (χ1) is 11.4. The van der Waals surface area contributed by atoms with E-state index in [1.807, 2.05) is 0 Å². The van der Waals surface area contributed by atoms with Crippen molar-refractivity contribution in [3.8, 4) is 10.7 Å². The number of ether oxygens (including phenoxy) is 1. The van der Waals surface area contributed by atoms with Crippen LogP contribution in [0.2, 0.25) is 0 Å². The third kappa shape index (κ3) is 3.94. The summed E-state index contributed by atoms with van der Waals surface area (Å²) in [5.41, 5.74) is 1.36. The molecule has 0 radical (unpaired) electrons. The average Bonchev–Trinajstić information content (AvgIpc) is 3.21. The van der Waals surface area contributed by atoms with Crippen LogP contribution >= 0.6 is 11.3 Å². The topological polar surface area (TPSA) is 76.2 Å². The fraction of sp³-hybridized carbons (Fsp3) is 0.429. The molecule has 1 saturated heterocycles. The smallest absolute Gasteiger partial charge is 0.350 e. The van der Waals surface area contributed by atoms with Crippen LogP contribution in [-0.4, -0.2) is 28.8 Å². The zero-order valence-corrected chi connectivity index (χ0v) is 13.2. The number of hydrogen-bond donors (Lipinski definition) is 2. The van der Waals surface area contributed by atoms with Gasteiger partial charge in [0.2, 0.25) is 0 Å². The Balaban J connectivity index is 1.62. The monoisotopic (exact) mass is 361 g/mol. The van der Waals surface area contributed by atoms with Crippen LogP contribution in [0.1, 0.15) is 34.6 Å². The van der Waals surface area contributed by atoms with Gasteiger partial charge in [-0.3, -0.25) is 4.79 Å². The number of carbonyl (C=O) groups is 1. The van der Waals surface area contributed by atoms with Crippen LogP contribution < -0.4 is 5.48 Å². The second-order valence-electron chi connectivity index (χ2n) is 5.15. The average molecular weight is 361 g/mol. The first kappa shape index (κ1) is 16.9. The van der Waals surface area contributed by atoms with Crippen molar-refractivity contribution in [1.29, 1.82) is 0 Å². The van der Waals surface area contributed by atoms with Crippen LogP contribution in [0.25, 0.3) is 10.7 Å². The molecule has 1 aliphatic rings. The fourth-order valence-corrected chi connectivity index (χ4v) is 3.00. The highest BCUT2D eigenvalue weighted by atomic mass is 32.1. The third-order valence-corrected chi connectivity index (χ3v) is 4.46. The Bertz CT molecular complexity index is 707. The molecule has 0 saturated carbocycles. The van der Waals surface area contributed by atoms with E-state index in [9.17, 15) is 18.0 Å². The molecule has 3 heterocycles. The molecule has 1 atom stereocenters. The fourth-order valence-electron chi connectivity index (χ4n) is 2.15. The van der Waals surface area contributed by atoms with Gasteiger partial charge < -0.3 is 9.72 Å². The van der Waals surface area contributed by atoms with E-state index in [2.05, 4.69) is 15.4 Å². The maximum absolute atomic E-state index is 12.6. The predicted octanol–water partition coefficient (Wildman–Crippen LogP) is 3.35. The Labute approximate surface area is 138 Å². The number of hydrogen-bond acceptors (Lipinski definition) is 5. The van der Waals surface area contributed by atoms with Crippen molar-refractivity contribution in [2.75, 3.05) is 6.61 Å². The van der Waals surface area contributed by atoms with Gasteiger partial charge in [0.25, 0.3) is 5.91 Å². The molecule has 0 bridgehead atoms. The van der Waals surface area contributed by atoms with E-state index in [1.165, 1.54) is 12.1 Å². The Hall–Kier alpha value is -1.91. The van der Waals surface area contributed by atoms with Gasteiger partial charge >= 0.3 is 6.18 Å². The number of nitrogens with zero attached hydrogens (tertiary/aromatic N) is 1. The Morgan fingerprint density at radius 3 is 2.92 bits per heavy atom. The minimum absolute atomic E-state index is 0.0582. The summed E-state index contributed by atoms with van der Waals surface area (Å²) in [5.74, 6) is -0.425. The van der Waals surface area contributed by atoms with E-state index < -0.39 is 24.1 Å². The van der Waals surface area contributed by atoms with Crippen molar-refractivity contribution in [1.82, 2.24) is 15.4 Å². The molecule has 1 aliphatic heterocycles. The van der Waals surface area contributed by atoms with Gasteiger partial charge in [0.05, 0.1) is 16.0 Å². The number of aromatic amines is 1. The van der Waals surface area contributed by atoms with Gasteiger partial charge in [0.1, 0.15) is 11.5 Å². The summed E-state index contributed by atoms with van der Waals surface area (Å²) in [6.45, 7) is 0.587. The molecule has 6 nitrogen and oxygen atoms in total. The van der Waals surface area contributed by atoms with Gasteiger partial charge in [-0.15, -0.1) is 11.3 Å². The standard InChI is InChI=1S/C14H14F3N3O3S/c15-14(16,17)10-7-18-12(19-10)8-4-5-9(24-8)13(21)20-23-11-3-1-2-6-22-11/h4-5,7,11H,1-3,6H2,(H,18,19)(H,20,21). The lowest BCUT2D eigenvalue weighted by Gasteiger charge is -2.21. The summed E-state index contributed by atoms with van der Waals surface area (Å²) >= 11 is 1.01. The number of imidazole rings is 1. The summed E-state index contributed by atoms with van der Waals surface area (Å²) < 4.78 is 43.0. The molecular formula is C14H14F3N3O3S. The SMILES string of the molecule is O=C(NOC1CCCCO1)c1ccc(-c2ncc(C(F)(F)F)[nH]2)s1. The van der Waals surface area contributed by atoms with Crippen molar-refractivity contribution >= 4 is 17.2 Å². The van der Waals surface area contributed by atoms with Crippen molar-refractivity contribution in [3.63, 3.8) is 0 Å². The number of rotatable bonds is 4. The maximum Gasteiger partial charge on any atom is 0.432 e. The molecule has 1 amide bonds. The number of hydroxylamine groups is 1. The predicted molar refractivity (Wildman–Crippen MR) is 79.0 cm³/mol. The van der Waals surface area contributed by atoms with E-state index in [1.54, 1.807) is 0 Å². The second kappa shape index (κ2) is 6.91. The number of halogens is 3. The highest BCUT2D eigenvalue weighted by Gasteiger charge is 2.33. The number of aromatic nitrogens is 2. The summed E-state index contributed by atoms with van der Waals surface area (Å²) in [6, 6.07) is 3.02. The minimum atomic E-state index is -4.49. The highest BCUT2D eigenvalue weighted by molar-refractivity contribution is 7.17. The van der Waals surface area contributed by atoms with Crippen LogP contribution in [0.4, 0.5) is 13.2 Å². The Morgan fingerprint density at radius 1 is 1.42 bits per heavy atom. The number of amides is 1. The summed E-state index contributed by atoms with van der Waals surface area (Å²) in [6.07, 6.45) is -1.62. The van der Waals surface area contributed by atoms with Crippen LogP contribution in [0.15, 0.2) is 18.3 Å². The lowest BCUT2D eigenvalue weighted by Crippen LogP contribution is -2.32. The quantitative estimate of drug-likeness (QED) is 0.819. The van der Waals surface area contributed by atoms with Gasteiger partial charge in [-0.1, -0.05) is 0 Å². The van der Waals surface area contributed by atoms with Crippen LogP contribution in [0, 0.1) is 0 Å². The first-order valence-corrected chi connectivity index (χ1v) is 8.05. The molecule has 130 valence electrons. The molecular weight excluding hydrogens is 347 g/mol. The zero-order valence-electron chi connectivity index (χ0n) is 12.4. The maximum atomic E-state index is 12.6. The van der Waals surface area contributed by atoms with Gasteiger partial charge in [-0.05, 0) is 25.0 Å². The molecule has 1 unspecified atom stereocenters. The van der Waals surface area contributed by atoms with Crippen LogP contribution in [0.5, 0.6) is 0 Å². The molecule has 2 N–H and O–H groups in total. The summed E-state index contributed by atoms with van der Waals surface area (Å²) in [5, 5.41) is 0. The van der Waals surface area contributed by atoms with Gasteiger partial charge in [0.15, 0.2) is 6.29 Å². The summed E-state index contributed by atoms with van der Waals surface area (Å²) in [4.78, 5) is 23.8. The molecule has 3 rings (SSSR count). The number of H-pyrrole nitrogens is 1. The third-order valence-electron chi connectivity index (χ3n) is 3.37. The van der Waals surface area contributed by atoms with Gasteiger partial charge in [0, 0.05) is 13.0 Å². The highest BCUT2D eigenvalue weighted by Crippen LogP contribution is 2.31. The lowest BCUT2D eigenvalue weighted by atomic mass is 10.2. The number of alkyl halides is 3. The lowest BCUT2D eigenvalue weighted by molar-refractivity contribution is -0.186. The zero-order chi connectivity index (χ0) is 17.2. The van der Waals surface area contributed by atoms with E-state index in [0.717, 1.165) is 30.4 Å². The van der Waals surface area contributed by atoms with Gasteiger partial charge in [-0.25, -0.2) is 15.3 Å². The van der Waals surface area contributed by atoms with Crippen LogP contribution in [-0.2, 0) is 15.8 Å². The second-order valence-corrected chi connectivity index (χ2v) is 6.24. The minimum Gasteiger partial charge on any atom is -0.350 e. The molecule has 2 aromatic rings. The molecule has 2 aromatic heterocycles. The number of thiophene rings is 1. The molecule has 24 heavy (non-hydrogen) atoms. The van der Waals surface area contributed by atoms with Crippen molar-refractivity contribution < 1.29 is 27.5 Å². The number of nitrogens with one attached hydrogen (secondary N) is 2. The number of carbonyl (C=O) groups excluding carboxylic acids is 1. The van der Waals surface area contributed by atoms with E-state index >= 15 is 0 Å². The van der Waals surface area contributed by atoms with Crippen molar-refractivity contribution in [2.45, 2.75) is 31.7 Å². The van der Waals surface area contributed by atoms with Crippen molar-refractivity contribution in [3.05, 3.63) is 28.9 Å².